The average molecular weight is 693 g/mol. The first-order valence-corrected chi connectivity index (χ1v) is 16.8. The maximum atomic E-state index is 13.5. The Labute approximate surface area is 275 Å². The minimum atomic E-state index is -0.959. The molecule has 5 heterocycles. The van der Waals surface area contributed by atoms with Gasteiger partial charge >= 0.3 is 5.97 Å². The molecule has 5 rings (SSSR count). The summed E-state index contributed by atoms with van der Waals surface area (Å²) < 4.78 is 11.5. The normalized spacial score (nSPS) is 21.8. The number of carbonyl (C=O) groups is 4. The summed E-state index contributed by atoms with van der Waals surface area (Å²) in [6.07, 6.45) is 1.30. The van der Waals surface area contributed by atoms with Crippen molar-refractivity contribution in [2.24, 2.45) is 10.3 Å². The molecule has 246 valence electrons. The molecule has 0 spiro atoms. The second kappa shape index (κ2) is 13.7. The lowest BCUT2D eigenvalue weighted by molar-refractivity contribution is -0.159. The Kier molecular flexibility index (Phi) is 9.94. The van der Waals surface area contributed by atoms with Crippen molar-refractivity contribution in [2.75, 3.05) is 37.6 Å². The van der Waals surface area contributed by atoms with E-state index in [-0.39, 0.29) is 44.9 Å². The first-order chi connectivity index (χ1) is 21.9. The number of amides is 3. The zero-order valence-electron chi connectivity index (χ0n) is 25.5. The largest absolute Gasteiger partial charge is 0.455 e. The van der Waals surface area contributed by atoms with Crippen molar-refractivity contribution in [3.05, 3.63) is 33.4 Å². The minimum absolute atomic E-state index is 0.0812. The first-order valence-electron chi connectivity index (χ1n) is 14.0. The number of nitrogens with zero attached hydrogens (tertiary/aromatic N) is 5. The van der Waals surface area contributed by atoms with Crippen LogP contribution >= 0.6 is 34.4 Å². The maximum Gasteiger partial charge on any atom is 0.355 e. The van der Waals surface area contributed by atoms with Crippen molar-refractivity contribution < 1.29 is 38.3 Å². The summed E-state index contributed by atoms with van der Waals surface area (Å²) >= 11 is 3.56. The fourth-order valence-corrected chi connectivity index (χ4v) is 7.50. The summed E-state index contributed by atoms with van der Waals surface area (Å²) in [5.41, 5.74) is 5.72. The van der Waals surface area contributed by atoms with Crippen molar-refractivity contribution >= 4 is 79.8 Å². The molecular formula is C27H32N8O8S3. The van der Waals surface area contributed by atoms with Crippen LogP contribution in [0.2, 0.25) is 0 Å². The van der Waals surface area contributed by atoms with E-state index in [0.717, 1.165) is 35.5 Å². The highest BCUT2D eigenvalue weighted by Gasteiger charge is 2.55. The number of ether oxygens (including phenoxy) is 2. The van der Waals surface area contributed by atoms with Crippen LogP contribution < -0.4 is 16.4 Å². The zero-order chi connectivity index (χ0) is 33.2. The Hall–Kier alpha value is -4.07. The van der Waals surface area contributed by atoms with Gasteiger partial charge in [-0.3, -0.25) is 24.6 Å². The third kappa shape index (κ3) is 7.01. The summed E-state index contributed by atoms with van der Waals surface area (Å²) in [5.74, 6) is -2.07. The van der Waals surface area contributed by atoms with Crippen molar-refractivity contribution in [3.8, 4) is 0 Å². The van der Waals surface area contributed by atoms with E-state index in [1.54, 1.807) is 26.2 Å². The number of nitrogens with two attached hydrogens (primary N) is 1. The SMILES string of the molecule is CO/N=C(\C(=O)Nc1nc(/C(=N/OC)C(=O)N[C@@H]2C(=O)N3C(C(=O)OC(C)(C)C)=C([C@@H]4CCCO4)CS[C@H]23)cs1)c1csc(N)n1. The number of β-lactam (4-membered cyclic amide) rings is 1. The highest BCUT2D eigenvalue weighted by Crippen LogP contribution is 2.43. The zero-order valence-corrected chi connectivity index (χ0v) is 28.0. The quantitative estimate of drug-likeness (QED) is 0.141. The molecule has 4 N–H and O–H groups in total. The number of hydrogen-bond donors (Lipinski definition) is 3. The van der Waals surface area contributed by atoms with Gasteiger partial charge in [0.15, 0.2) is 21.7 Å². The number of thiazole rings is 2. The molecule has 0 radical (unpaired) electrons. The number of hydrogen-bond acceptors (Lipinski definition) is 16. The Morgan fingerprint density at radius 2 is 1.74 bits per heavy atom. The molecule has 16 nitrogen and oxygen atoms in total. The molecule has 3 aliphatic heterocycles. The highest BCUT2D eigenvalue weighted by atomic mass is 32.2. The minimum Gasteiger partial charge on any atom is -0.455 e. The van der Waals surface area contributed by atoms with Gasteiger partial charge in [-0.2, -0.15) is 0 Å². The predicted molar refractivity (Wildman–Crippen MR) is 171 cm³/mol. The van der Waals surface area contributed by atoms with Crippen LogP contribution in [-0.2, 0) is 38.3 Å². The molecule has 0 aromatic carbocycles. The standard InChI is InChI=1S/C27H32N8O8S3/c1-27(2,3)43-24(39)19-12(15-7-6-8-42-15)9-44-23-18(22(38)35(19)23)31-20(36)17(34-41-5)14-11-46-26(30-14)32-21(37)16(33-40-4)13-10-45-25(28)29-13/h10-11,15,18,23H,6-9H2,1-5H3,(H2,28,29)(H,31,36)(H,30,32,37)/b33-16-,34-17-/t15-,18+,23+/m0/s1. The van der Waals surface area contributed by atoms with Gasteiger partial charge in [0.1, 0.15) is 48.3 Å². The summed E-state index contributed by atoms with van der Waals surface area (Å²) in [5, 5.41) is 15.7. The second-order valence-electron chi connectivity index (χ2n) is 11.0. The molecule has 0 bridgehead atoms. The van der Waals surface area contributed by atoms with Gasteiger partial charge < -0.3 is 30.2 Å². The monoisotopic (exact) mass is 692 g/mol. The van der Waals surface area contributed by atoms with E-state index in [1.165, 1.54) is 36.3 Å². The molecule has 3 atom stereocenters. The predicted octanol–water partition coefficient (Wildman–Crippen LogP) is 1.70. The number of anilines is 2. The van der Waals surface area contributed by atoms with Crippen LogP contribution in [0.1, 0.15) is 45.0 Å². The number of rotatable bonds is 10. The van der Waals surface area contributed by atoms with Crippen LogP contribution in [0, 0.1) is 0 Å². The van der Waals surface area contributed by atoms with E-state index in [1.807, 2.05) is 0 Å². The first kappa shape index (κ1) is 33.3. The van der Waals surface area contributed by atoms with Gasteiger partial charge in [0.25, 0.3) is 17.7 Å². The Morgan fingerprint density at radius 3 is 2.35 bits per heavy atom. The molecule has 19 heteroatoms. The van der Waals surface area contributed by atoms with Crippen LogP contribution in [0.3, 0.4) is 0 Å². The lowest BCUT2D eigenvalue weighted by Crippen LogP contribution is -2.71. The number of carbonyl (C=O) groups excluding carboxylic acids is 4. The lowest BCUT2D eigenvalue weighted by Gasteiger charge is -2.50. The van der Waals surface area contributed by atoms with E-state index < -0.39 is 40.7 Å². The summed E-state index contributed by atoms with van der Waals surface area (Å²) in [6, 6.07) is -0.959. The summed E-state index contributed by atoms with van der Waals surface area (Å²) in [6.45, 7) is 5.83. The third-order valence-electron chi connectivity index (χ3n) is 6.72. The van der Waals surface area contributed by atoms with Crippen LogP contribution in [-0.4, -0.2) is 99.7 Å². The molecule has 0 saturated carbocycles. The smallest absolute Gasteiger partial charge is 0.355 e. The number of esters is 1. The molecule has 2 fully saturated rings. The van der Waals surface area contributed by atoms with Gasteiger partial charge in [0, 0.05) is 23.1 Å². The fraction of sp³-hybridized carbons (Fsp3) is 0.481. The number of thioether (sulfide) groups is 1. The molecule has 2 saturated heterocycles. The summed E-state index contributed by atoms with van der Waals surface area (Å²) in [7, 11) is 2.54. The fourth-order valence-electron chi connectivity index (χ4n) is 4.85. The van der Waals surface area contributed by atoms with Gasteiger partial charge in [-0.15, -0.1) is 34.4 Å². The highest BCUT2D eigenvalue weighted by molar-refractivity contribution is 8.00. The van der Waals surface area contributed by atoms with E-state index in [2.05, 4.69) is 30.9 Å². The van der Waals surface area contributed by atoms with Gasteiger partial charge in [-0.1, -0.05) is 10.3 Å². The molecule has 3 amide bonds. The van der Waals surface area contributed by atoms with Crippen molar-refractivity contribution in [3.63, 3.8) is 0 Å². The number of nitrogen functional groups attached to an aromatic ring is 1. The molecule has 0 unspecified atom stereocenters. The van der Waals surface area contributed by atoms with E-state index in [9.17, 15) is 19.2 Å². The molecule has 2 aromatic heterocycles. The van der Waals surface area contributed by atoms with Crippen LogP contribution in [0.25, 0.3) is 0 Å². The van der Waals surface area contributed by atoms with E-state index in [0.29, 0.717) is 17.9 Å². The second-order valence-corrected chi connectivity index (χ2v) is 13.9. The van der Waals surface area contributed by atoms with Gasteiger partial charge in [0.05, 0.1) is 6.10 Å². The summed E-state index contributed by atoms with van der Waals surface area (Å²) in [4.78, 5) is 72.6. The third-order valence-corrected chi connectivity index (χ3v) is 9.46. The van der Waals surface area contributed by atoms with Gasteiger partial charge in [-0.25, -0.2) is 14.8 Å². The van der Waals surface area contributed by atoms with Crippen molar-refractivity contribution in [1.82, 2.24) is 20.2 Å². The van der Waals surface area contributed by atoms with Crippen LogP contribution in [0.5, 0.6) is 0 Å². The van der Waals surface area contributed by atoms with Crippen LogP contribution in [0.4, 0.5) is 10.3 Å². The van der Waals surface area contributed by atoms with E-state index >= 15 is 0 Å². The number of nitrogens with one attached hydrogen (secondary N) is 2. The van der Waals surface area contributed by atoms with Crippen molar-refractivity contribution in [1.29, 1.82) is 0 Å². The van der Waals surface area contributed by atoms with E-state index in [4.69, 9.17) is 24.9 Å². The number of fused-ring (bicyclic) bond motifs is 1. The Morgan fingerprint density at radius 1 is 1.07 bits per heavy atom. The Balaban J connectivity index is 1.30. The van der Waals surface area contributed by atoms with Crippen molar-refractivity contribution in [2.45, 2.75) is 56.7 Å². The van der Waals surface area contributed by atoms with Gasteiger partial charge in [-0.05, 0) is 39.2 Å². The number of aromatic nitrogens is 2. The molecule has 2 aromatic rings. The molecular weight excluding hydrogens is 661 g/mol. The molecule has 0 aliphatic carbocycles. The topological polar surface area (TPSA) is 209 Å². The van der Waals surface area contributed by atoms with Crippen LogP contribution in [0.15, 0.2) is 32.3 Å². The molecule has 46 heavy (non-hydrogen) atoms. The lowest BCUT2D eigenvalue weighted by atomic mass is 9.98. The average Bonchev–Trinajstić information content (AvgIpc) is 3.78. The Bertz CT molecular complexity index is 1620. The molecule has 3 aliphatic rings. The van der Waals surface area contributed by atoms with Gasteiger partial charge in [0.2, 0.25) is 0 Å². The maximum absolute atomic E-state index is 13.5. The number of oxime groups is 2.